The van der Waals surface area contributed by atoms with E-state index in [1.807, 2.05) is 13.2 Å². The van der Waals surface area contributed by atoms with Gasteiger partial charge in [0.1, 0.15) is 0 Å². The van der Waals surface area contributed by atoms with Gasteiger partial charge in [0.25, 0.3) is 0 Å². The zero-order valence-electron chi connectivity index (χ0n) is 18.8. The molecule has 0 radical (unpaired) electrons. The maximum atomic E-state index is 4.50. The number of aromatic nitrogens is 2. The first-order valence-corrected chi connectivity index (χ1v) is 11.9. The van der Waals surface area contributed by atoms with Gasteiger partial charge in [-0.25, -0.2) is 0 Å². The minimum Gasteiger partial charge on any atom is -0.372 e. The molecule has 3 aliphatic rings. The van der Waals surface area contributed by atoms with Crippen LogP contribution in [-0.2, 0) is 0 Å². The first-order chi connectivity index (χ1) is 15.2. The number of hydrogen-bond donors (Lipinski definition) is 1. The van der Waals surface area contributed by atoms with E-state index in [9.17, 15) is 0 Å². The minimum absolute atomic E-state index is 0.580. The van der Waals surface area contributed by atoms with Crippen LogP contribution in [0.5, 0.6) is 0 Å². The number of benzene rings is 1. The third-order valence-electron chi connectivity index (χ3n) is 8.09. The Kier molecular flexibility index (Phi) is 5.70. The number of rotatable bonds is 5. The summed E-state index contributed by atoms with van der Waals surface area (Å²) in [6.45, 7) is 9.28. The summed E-state index contributed by atoms with van der Waals surface area (Å²) in [6, 6.07) is 7.20. The summed E-state index contributed by atoms with van der Waals surface area (Å²) in [5, 5.41) is 8.22. The Bertz CT molecular complexity index is 978. The molecule has 1 saturated carbocycles. The molecule has 0 unspecified atom stereocenters. The maximum absolute atomic E-state index is 4.50. The monoisotopic (exact) mass is 417 g/mol. The molecular weight excluding hydrogens is 382 g/mol. The van der Waals surface area contributed by atoms with Gasteiger partial charge >= 0.3 is 0 Å². The quantitative estimate of drug-likeness (QED) is 0.562. The predicted molar refractivity (Wildman–Crippen MR) is 129 cm³/mol. The van der Waals surface area contributed by atoms with Gasteiger partial charge in [0.2, 0.25) is 0 Å². The average Bonchev–Trinajstić information content (AvgIpc) is 3.23. The van der Waals surface area contributed by atoms with Crippen LogP contribution in [-0.4, -0.2) is 65.0 Å². The van der Waals surface area contributed by atoms with Crippen molar-refractivity contribution in [1.82, 2.24) is 20.0 Å². The van der Waals surface area contributed by atoms with Gasteiger partial charge in [-0.15, -0.1) is 0 Å². The fourth-order valence-corrected chi connectivity index (χ4v) is 5.57. The standard InChI is InChI=1S/C26H35N5/c1-20(6-8-24(27-2)21-7-9-25-22(18-21)19-28-29-25)30-14-10-26(11-15-30)12-16-31(17-13-26)23-4-3-5-23/h6-9,18-19,23H,1,3-5,10-17H2,2H3,(H,28,29)/b8-6-,27-24?. The summed E-state index contributed by atoms with van der Waals surface area (Å²) < 4.78 is 0. The topological polar surface area (TPSA) is 47.5 Å². The second-order valence-corrected chi connectivity index (χ2v) is 9.71. The summed E-state index contributed by atoms with van der Waals surface area (Å²) in [5.74, 6) is 0. The van der Waals surface area contributed by atoms with Crippen LogP contribution >= 0.6 is 0 Å². The van der Waals surface area contributed by atoms with Crippen LogP contribution in [0.3, 0.4) is 0 Å². The average molecular weight is 418 g/mol. The summed E-state index contributed by atoms with van der Waals surface area (Å²) >= 11 is 0. The Morgan fingerprint density at radius 2 is 1.87 bits per heavy atom. The van der Waals surface area contributed by atoms with E-state index in [1.165, 1.54) is 58.0 Å². The first-order valence-electron chi connectivity index (χ1n) is 11.9. The molecule has 0 bridgehead atoms. The zero-order chi connectivity index (χ0) is 21.3. The van der Waals surface area contributed by atoms with Gasteiger partial charge in [-0.3, -0.25) is 10.1 Å². The van der Waals surface area contributed by atoms with Gasteiger partial charge < -0.3 is 9.80 Å². The van der Waals surface area contributed by atoms with Gasteiger partial charge in [-0.05, 0) is 81.3 Å². The normalized spacial score (nSPS) is 23.0. The third kappa shape index (κ3) is 4.20. The highest BCUT2D eigenvalue weighted by Gasteiger charge is 2.39. The molecule has 2 aromatic rings. The van der Waals surface area contributed by atoms with Crippen molar-refractivity contribution in [1.29, 1.82) is 0 Å². The maximum Gasteiger partial charge on any atom is 0.0650 e. The smallest absolute Gasteiger partial charge is 0.0650 e. The molecule has 0 amide bonds. The van der Waals surface area contributed by atoms with Crippen molar-refractivity contribution < 1.29 is 0 Å². The molecule has 5 nitrogen and oxygen atoms in total. The van der Waals surface area contributed by atoms with Crippen molar-refractivity contribution in [2.45, 2.75) is 51.0 Å². The van der Waals surface area contributed by atoms with E-state index in [2.05, 4.69) is 61.9 Å². The second-order valence-electron chi connectivity index (χ2n) is 9.71. The van der Waals surface area contributed by atoms with Crippen LogP contribution in [0.25, 0.3) is 10.9 Å². The van der Waals surface area contributed by atoms with E-state index < -0.39 is 0 Å². The number of likely N-dealkylation sites (tertiary alicyclic amines) is 2. The van der Waals surface area contributed by atoms with Crippen molar-refractivity contribution >= 4 is 16.6 Å². The van der Waals surface area contributed by atoms with E-state index in [0.29, 0.717) is 5.41 Å². The largest absolute Gasteiger partial charge is 0.372 e. The molecule has 2 saturated heterocycles. The summed E-state index contributed by atoms with van der Waals surface area (Å²) in [7, 11) is 1.85. The fourth-order valence-electron chi connectivity index (χ4n) is 5.57. The van der Waals surface area contributed by atoms with E-state index in [4.69, 9.17) is 0 Å². The van der Waals surface area contributed by atoms with Crippen molar-refractivity contribution in [2.24, 2.45) is 10.4 Å². The summed E-state index contributed by atoms with van der Waals surface area (Å²) in [4.78, 5) is 9.74. The number of aromatic amines is 1. The Labute approximate surface area is 185 Å². The number of H-pyrrole nitrogens is 1. The van der Waals surface area contributed by atoms with Crippen LogP contribution in [0, 0.1) is 5.41 Å². The van der Waals surface area contributed by atoms with E-state index in [0.717, 1.165) is 47.0 Å². The number of piperidine rings is 2. The highest BCUT2D eigenvalue weighted by atomic mass is 15.2. The third-order valence-corrected chi connectivity index (χ3v) is 8.09. The molecule has 3 heterocycles. The molecule has 1 aromatic heterocycles. The van der Waals surface area contributed by atoms with Crippen molar-refractivity contribution in [2.75, 3.05) is 33.2 Å². The minimum atomic E-state index is 0.580. The lowest BCUT2D eigenvalue weighted by molar-refractivity contribution is 0.0117. The molecule has 1 aromatic carbocycles. The molecule has 31 heavy (non-hydrogen) atoms. The molecule has 1 aliphatic carbocycles. The molecular formula is C26H35N5. The Balaban J connectivity index is 1.16. The molecule has 5 heteroatoms. The second kappa shape index (κ2) is 8.62. The Morgan fingerprint density at radius 1 is 1.13 bits per heavy atom. The van der Waals surface area contributed by atoms with Crippen LogP contribution in [0.15, 0.2) is 53.8 Å². The summed E-state index contributed by atoms with van der Waals surface area (Å²) in [5.41, 5.74) is 4.81. The molecule has 2 aliphatic heterocycles. The van der Waals surface area contributed by atoms with Gasteiger partial charge in [0, 0.05) is 42.8 Å². The molecule has 164 valence electrons. The van der Waals surface area contributed by atoms with Crippen molar-refractivity contribution in [3.05, 3.63) is 54.4 Å². The summed E-state index contributed by atoms with van der Waals surface area (Å²) in [6.07, 6.45) is 15.8. The number of allylic oxidation sites excluding steroid dienone is 2. The molecule has 3 fully saturated rings. The van der Waals surface area contributed by atoms with Crippen LogP contribution in [0.2, 0.25) is 0 Å². The lowest BCUT2D eigenvalue weighted by Crippen LogP contribution is -2.50. The van der Waals surface area contributed by atoms with Gasteiger partial charge in [-0.1, -0.05) is 19.1 Å². The lowest BCUT2D eigenvalue weighted by Gasteiger charge is -2.50. The Hall–Kier alpha value is -2.40. The van der Waals surface area contributed by atoms with Crippen LogP contribution in [0.1, 0.15) is 50.5 Å². The lowest BCUT2D eigenvalue weighted by atomic mass is 9.70. The van der Waals surface area contributed by atoms with Gasteiger partial charge in [0.15, 0.2) is 0 Å². The SMILES string of the molecule is C=C(/C=C\C(=NC)c1ccc2[nH]ncc2c1)N1CCC2(CC1)CCN(C1CCC1)CC2. The predicted octanol–water partition coefficient (Wildman–Crippen LogP) is 4.78. The van der Waals surface area contributed by atoms with Crippen molar-refractivity contribution in [3.63, 3.8) is 0 Å². The number of hydrogen-bond acceptors (Lipinski definition) is 4. The fraction of sp³-hybridized carbons (Fsp3) is 0.538. The first kappa shape index (κ1) is 20.5. The van der Waals surface area contributed by atoms with Gasteiger partial charge in [0.05, 0.1) is 17.4 Å². The van der Waals surface area contributed by atoms with E-state index in [-0.39, 0.29) is 0 Å². The Morgan fingerprint density at radius 3 is 2.55 bits per heavy atom. The number of nitrogens with zero attached hydrogens (tertiary/aromatic N) is 4. The van der Waals surface area contributed by atoms with Gasteiger partial charge in [-0.2, -0.15) is 5.10 Å². The van der Waals surface area contributed by atoms with Crippen LogP contribution < -0.4 is 0 Å². The highest BCUT2D eigenvalue weighted by Crippen LogP contribution is 2.43. The number of aliphatic imine (C=N–C) groups is 1. The number of fused-ring (bicyclic) bond motifs is 1. The van der Waals surface area contributed by atoms with E-state index >= 15 is 0 Å². The van der Waals surface area contributed by atoms with Crippen molar-refractivity contribution in [3.8, 4) is 0 Å². The molecule has 1 N–H and O–H groups in total. The molecule has 5 rings (SSSR count). The van der Waals surface area contributed by atoms with E-state index in [1.54, 1.807) is 0 Å². The van der Waals surface area contributed by atoms with Crippen LogP contribution in [0.4, 0.5) is 0 Å². The molecule has 1 spiro atoms. The highest BCUT2D eigenvalue weighted by molar-refractivity contribution is 6.10. The molecule has 0 atom stereocenters. The number of nitrogens with one attached hydrogen (secondary N) is 1. The zero-order valence-corrected chi connectivity index (χ0v) is 18.8.